The van der Waals surface area contributed by atoms with Crippen molar-refractivity contribution in [2.75, 3.05) is 6.61 Å². The lowest BCUT2D eigenvalue weighted by Crippen LogP contribution is -2.75. The van der Waals surface area contributed by atoms with E-state index in [9.17, 15) is 9.90 Å². The van der Waals surface area contributed by atoms with Gasteiger partial charge in [-0.25, -0.2) is 0 Å². The summed E-state index contributed by atoms with van der Waals surface area (Å²) in [5.74, 6) is 0.0880. The summed E-state index contributed by atoms with van der Waals surface area (Å²) < 4.78 is 5.63. The van der Waals surface area contributed by atoms with Gasteiger partial charge in [0.2, 0.25) is 5.91 Å². The molecule has 2 aliphatic rings. The maximum Gasteiger partial charge on any atom is 0.232 e. The van der Waals surface area contributed by atoms with Crippen LogP contribution < -0.4 is 0 Å². The highest BCUT2D eigenvalue weighted by Crippen LogP contribution is 2.43. The van der Waals surface area contributed by atoms with Crippen molar-refractivity contribution in [3.8, 4) is 0 Å². The molecule has 4 heteroatoms. The lowest BCUT2D eigenvalue weighted by molar-refractivity contribution is -0.254. The first-order valence-electron chi connectivity index (χ1n) is 5.51. The summed E-state index contributed by atoms with van der Waals surface area (Å²) >= 11 is 0. The van der Waals surface area contributed by atoms with Crippen LogP contribution in [0.5, 0.6) is 0 Å². The molecule has 2 aliphatic heterocycles. The number of carbonyl (C=O) groups excluding carboxylic acids is 1. The topological polar surface area (TPSA) is 49.8 Å². The van der Waals surface area contributed by atoms with Gasteiger partial charge in [0.05, 0.1) is 24.7 Å². The number of β-lactam (4-membered cyclic amide) rings is 1. The lowest BCUT2D eigenvalue weighted by atomic mass is 9.74. The molecule has 0 spiro atoms. The zero-order valence-electron chi connectivity index (χ0n) is 9.73. The van der Waals surface area contributed by atoms with Gasteiger partial charge in [-0.15, -0.1) is 0 Å². The molecule has 86 valence electrons. The number of hydrogen-bond acceptors (Lipinski definition) is 3. The van der Waals surface area contributed by atoms with Crippen molar-refractivity contribution in [3.05, 3.63) is 0 Å². The molecule has 0 bridgehead atoms. The second kappa shape index (κ2) is 3.19. The molecular formula is C11H19NO3. The Morgan fingerprint density at radius 1 is 1.60 bits per heavy atom. The number of aliphatic hydroxyl groups excluding tert-OH is 1. The maximum atomic E-state index is 11.9. The van der Waals surface area contributed by atoms with E-state index in [4.69, 9.17) is 4.74 Å². The van der Waals surface area contributed by atoms with E-state index < -0.39 is 11.8 Å². The molecule has 0 aromatic carbocycles. The van der Waals surface area contributed by atoms with Gasteiger partial charge in [-0.3, -0.25) is 4.79 Å². The Bertz CT molecular complexity index is 288. The molecule has 3 unspecified atom stereocenters. The minimum atomic E-state index is -0.560. The van der Waals surface area contributed by atoms with Crippen molar-refractivity contribution in [3.63, 3.8) is 0 Å². The van der Waals surface area contributed by atoms with E-state index in [1.165, 1.54) is 0 Å². The van der Waals surface area contributed by atoms with Crippen LogP contribution in [-0.2, 0) is 9.53 Å². The van der Waals surface area contributed by atoms with Crippen molar-refractivity contribution in [2.24, 2.45) is 11.8 Å². The summed E-state index contributed by atoms with van der Waals surface area (Å²) in [6.45, 7) is 8.22. The Morgan fingerprint density at radius 2 is 2.20 bits per heavy atom. The first kappa shape index (κ1) is 10.9. The Morgan fingerprint density at radius 3 is 2.73 bits per heavy atom. The number of rotatable bonds is 1. The summed E-state index contributed by atoms with van der Waals surface area (Å²) in [5, 5.41) is 9.58. The molecule has 0 saturated carbocycles. The Kier molecular flexibility index (Phi) is 2.32. The molecule has 0 radical (unpaired) electrons. The van der Waals surface area contributed by atoms with Gasteiger partial charge in [0.15, 0.2) is 0 Å². The van der Waals surface area contributed by atoms with Gasteiger partial charge in [-0.05, 0) is 20.8 Å². The molecule has 2 fully saturated rings. The van der Waals surface area contributed by atoms with E-state index in [1.54, 1.807) is 11.8 Å². The molecule has 4 atom stereocenters. The van der Waals surface area contributed by atoms with E-state index in [0.717, 1.165) is 0 Å². The number of aliphatic hydroxyl groups is 1. The molecule has 2 heterocycles. The van der Waals surface area contributed by atoms with Crippen LogP contribution >= 0.6 is 0 Å². The van der Waals surface area contributed by atoms with Crippen LogP contribution in [0.15, 0.2) is 0 Å². The zero-order valence-corrected chi connectivity index (χ0v) is 9.73. The second-order valence-electron chi connectivity index (χ2n) is 5.20. The molecule has 2 rings (SSSR count). The molecule has 0 aromatic rings. The van der Waals surface area contributed by atoms with Crippen LogP contribution in [0.3, 0.4) is 0 Å². The highest BCUT2D eigenvalue weighted by molar-refractivity contribution is 5.87. The SMILES string of the molecule is CC1COC(C)(C)N2C(=O)[C@@H](C(C)O)C12. The minimum Gasteiger partial charge on any atom is -0.393 e. The third-order valence-corrected chi connectivity index (χ3v) is 3.57. The minimum absolute atomic E-state index is 0.0200. The fourth-order valence-corrected chi connectivity index (χ4v) is 2.76. The molecule has 1 amide bonds. The van der Waals surface area contributed by atoms with E-state index in [1.807, 2.05) is 13.8 Å². The fraction of sp³-hybridized carbons (Fsp3) is 0.909. The van der Waals surface area contributed by atoms with Crippen molar-refractivity contribution < 1.29 is 14.6 Å². The van der Waals surface area contributed by atoms with Crippen LogP contribution in [-0.4, -0.2) is 40.4 Å². The van der Waals surface area contributed by atoms with Crippen LogP contribution in [0.1, 0.15) is 27.7 Å². The average Bonchev–Trinajstić information content (AvgIpc) is 2.07. The highest BCUT2D eigenvalue weighted by Gasteiger charge is 2.59. The predicted molar refractivity (Wildman–Crippen MR) is 55.0 cm³/mol. The summed E-state index contributed by atoms with van der Waals surface area (Å²) in [6, 6.07) is 0.140. The summed E-state index contributed by atoms with van der Waals surface area (Å²) in [5.41, 5.74) is -0.514. The number of nitrogens with zero attached hydrogens (tertiary/aromatic N) is 1. The average molecular weight is 213 g/mol. The number of fused-ring (bicyclic) bond motifs is 1. The Hall–Kier alpha value is -0.610. The number of carbonyl (C=O) groups is 1. The predicted octanol–water partition coefficient (Wildman–Crippen LogP) is 0.597. The smallest absolute Gasteiger partial charge is 0.232 e. The first-order chi connectivity index (χ1) is 6.86. The third-order valence-electron chi connectivity index (χ3n) is 3.57. The van der Waals surface area contributed by atoms with Crippen molar-refractivity contribution in [2.45, 2.75) is 45.6 Å². The molecular weight excluding hydrogens is 194 g/mol. The van der Waals surface area contributed by atoms with Crippen LogP contribution in [0, 0.1) is 11.8 Å². The van der Waals surface area contributed by atoms with Crippen molar-refractivity contribution in [1.82, 2.24) is 4.90 Å². The van der Waals surface area contributed by atoms with Gasteiger partial charge in [-0.2, -0.15) is 0 Å². The van der Waals surface area contributed by atoms with Gasteiger partial charge in [-0.1, -0.05) is 6.92 Å². The standard InChI is InChI=1S/C11H19NO3/c1-6-5-15-11(3,4)12-9(6)8(7(2)13)10(12)14/h6-9,13H,5H2,1-4H3/t6?,7?,8-,9?/m0/s1. The molecule has 0 aromatic heterocycles. The fourth-order valence-electron chi connectivity index (χ4n) is 2.76. The monoisotopic (exact) mass is 213 g/mol. The molecule has 0 aliphatic carbocycles. The largest absolute Gasteiger partial charge is 0.393 e. The van der Waals surface area contributed by atoms with E-state index in [0.29, 0.717) is 12.5 Å². The summed E-state index contributed by atoms with van der Waals surface area (Å²) in [4.78, 5) is 13.7. The van der Waals surface area contributed by atoms with Gasteiger partial charge in [0, 0.05) is 5.92 Å². The van der Waals surface area contributed by atoms with Crippen molar-refractivity contribution in [1.29, 1.82) is 0 Å². The van der Waals surface area contributed by atoms with Gasteiger partial charge in [0.25, 0.3) is 0 Å². The number of hydrogen-bond donors (Lipinski definition) is 1. The maximum absolute atomic E-state index is 11.9. The van der Waals surface area contributed by atoms with E-state index >= 15 is 0 Å². The Balaban J connectivity index is 2.24. The summed E-state index contributed by atoms with van der Waals surface area (Å²) in [6.07, 6.45) is -0.560. The molecule has 1 N–H and O–H groups in total. The van der Waals surface area contributed by atoms with Crippen LogP contribution in [0.25, 0.3) is 0 Å². The summed E-state index contributed by atoms with van der Waals surface area (Å²) in [7, 11) is 0. The van der Waals surface area contributed by atoms with E-state index in [2.05, 4.69) is 6.92 Å². The number of amides is 1. The van der Waals surface area contributed by atoms with Gasteiger partial charge >= 0.3 is 0 Å². The molecule has 4 nitrogen and oxygen atoms in total. The van der Waals surface area contributed by atoms with Crippen LogP contribution in [0.2, 0.25) is 0 Å². The lowest BCUT2D eigenvalue weighted by Gasteiger charge is -2.60. The quantitative estimate of drug-likeness (QED) is 0.649. The third kappa shape index (κ3) is 1.39. The highest BCUT2D eigenvalue weighted by atomic mass is 16.5. The van der Waals surface area contributed by atoms with Gasteiger partial charge in [0.1, 0.15) is 5.72 Å². The zero-order chi connectivity index (χ0) is 11.4. The molecule has 15 heavy (non-hydrogen) atoms. The molecule has 2 saturated heterocycles. The van der Waals surface area contributed by atoms with Gasteiger partial charge < -0.3 is 14.7 Å². The number of ether oxygens (including phenoxy) is 1. The first-order valence-corrected chi connectivity index (χ1v) is 5.51. The van der Waals surface area contributed by atoms with E-state index in [-0.39, 0.29) is 17.9 Å². The van der Waals surface area contributed by atoms with Crippen LogP contribution in [0.4, 0.5) is 0 Å². The van der Waals surface area contributed by atoms with Crippen molar-refractivity contribution >= 4 is 5.91 Å². The Labute approximate surface area is 90.2 Å². The normalized spacial score (nSPS) is 40.7. The second-order valence-corrected chi connectivity index (χ2v) is 5.20.